The van der Waals surface area contributed by atoms with Gasteiger partial charge in [-0.1, -0.05) is 17.7 Å². The van der Waals surface area contributed by atoms with Gasteiger partial charge >= 0.3 is 0 Å². The molecule has 0 saturated carbocycles. The number of anilines is 1. The van der Waals surface area contributed by atoms with Crippen molar-refractivity contribution in [2.75, 3.05) is 11.9 Å². The van der Waals surface area contributed by atoms with Gasteiger partial charge in [-0.25, -0.2) is 0 Å². The smallest absolute Gasteiger partial charge is 0.269 e. The highest BCUT2D eigenvalue weighted by Crippen LogP contribution is 2.21. The summed E-state index contributed by atoms with van der Waals surface area (Å²) in [6, 6.07) is 12.1. The van der Waals surface area contributed by atoms with Crippen LogP contribution in [0.3, 0.4) is 0 Å². The van der Waals surface area contributed by atoms with Crippen LogP contribution in [0, 0.1) is 24.0 Å². The lowest BCUT2D eigenvalue weighted by molar-refractivity contribution is -0.384. The van der Waals surface area contributed by atoms with Crippen LogP contribution in [0.1, 0.15) is 24.0 Å². The standard InChI is InChI=1S/C19H21N3O4S/c1-13-5-8-16(9-6-13)26-11-3-4-18(23)21-19(27)20-17-10-7-15(22(24)25)12-14(17)2/h5-10,12H,3-4,11H2,1-2H3,(H2,20,21,23,27). The summed E-state index contributed by atoms with van der Waals surface area (Å²) < 4.78 is 5.57. The first kappa shape index (κ1) is 20.3. The number of carbonyl (C=O) groups excluding carboxylic acids is 1. The van der Waals surface area contributed by atoms with Crippen LogP contribution in [-0.4, -0.2) is 22.5 Å². The van der Waals surface area contributed by atoms with Gasteiger partial charge in [0.15, 0.2) is 5.11 Å². The number of nitro groups is 1. The number of amides is 1. The zero-order chi connectivity index (χ0) is 19.8. The van der Waals surface area contributed by atoms with E-state index in [0.29, 0.717) is 24.3 Å². The van der Waals surface area contributed by atoms with Gasteiger partial charge < -0.3 is 15.4 Å². The van der Waals surface area contributed by atoms with Crippen LogP contribution in [0.4, 0.5) is 11.4 Å². The highest BCUT2D eigenvalue weighted by molar-refractivity contribution is 7.80. The van der Waals surface area contributed by atoms with Crippen molar-refractivity contribution >= 4 is 34.6 Å². The Balaban J connectivity index is 1.73. The van der Waals surface area contributed by atoms with Gasteiger partial charge in [0.2, 0.25) is 5.91 Å². The van der Waals surface area contributed by atoms with E-state index in [9.17, 15) is 14.9 Å². The summed E-state index contributed by atoms with van der Waals surface area (Å²) in [5.74, 6) is 0.548. The number of carbonyl (C=O) groups is 1. The van der Waals surface area contributed by atoms with E-state index in [4.69, 9.17) is 17.0 Å². The Bertz CT molecular complexity index is 837. The van der Waals surface area contributed by atoms with E-state index in [1.165, 1.54) is 12.1 Å². The molecule has 1 amide bonds. The molecule has 2 aromatic rings. The fourth-order valence-electron chi connectivity index (χ4n) is 2.30. The minimum atomic E-state index is -0.463. The molecular weight excluding hydrogens is 366 g/mol. The fourth-order valence-corrected chi connectivity index (χ4v) is 2.53. The van der Waals surface area contributed by atoms with Gasteiger partial charge in [0.05, 0.1) is 11.5 Å². The van der Waals surface area contributed by atoms with Crippen molar-refractivity contribution in [1.82, 2.24) is 5.32 Å². The highest BCUT2D eigenvalue weighted by Gasteiger charge is 2.10. The summed E-state index contributed by atoms with van der Waals surface area (Å²) in [6.45, 7) is 4.16. The molecule has 0 unspecified atom stereocenters. The molecule has 0 aliphatic heterocycles. The van der Waals surface area contributed by atoms with Crippen molar-refractivity contribution in [3.05, 3.63) is 63.7 Å². The van der Waals surface area contributed by atoms with E-state index < -0.39 is 4.92 Å². The molecular formula is C19H21N3O4S. The topological polar surface area (TPSA) is 93.5 Å². The van der Waals surface area contributed by atoms with Gasteiger partial charge in [-0.15, -0.1) is 0 Å². The Morgan fingerprint density at radius 2 is 1.89 bits per heavy atom. The molecule has 2 rings (SSSR count). The Morgan fingerprint density at radius 3 is 2.52 bits per heavy atom. The van der Waals surface area contributed by atoms with Gasteiger partial charge in [0, 0.05) is 24.2 Å². The van der Waals surface area contributed by atoms with Crippen LogP contribution < -0.4 is 15.4 Å². The summed E-state index contributed by atoms with van der Waals surface area (Å²) >= 11 is 5.12. The van der Waals surface area contributed by atoms with Crippen molar-refractivity contribution in [2.45, 2.75) is 26.7 Å². The summed E-state index contributed by atoms with van der Waals surface area (Å²) in [7, 11) is 0. The lowest BCUT2D eigenvalue weighted by Gasteiger charge is -2.12. The van der Waals surface area contributed by atoms with Crippen molar-refractivity contribution in [1.29, 1.82) is 0 Å². The van der Waals surface area contributed by atoms with Gasteiger partial charge in [-0.3, -0.25) is 14.9 Å². The molecule has 0 aromatic heterocycles. The van der Waals surface area contributed by atoms with E-state index in [0.717, 1.165) is 11.3 Å². The number of nitro benzene ring substituents is 1. The van der Waals surface area contributed by atoms with E-state index in [1.807, 2.05) is 31.2 Å². The quantitative estimate of drug-likeness (QED) is 0.324. The Morgan fingerprint density at radius 1 is 1.19 bits per heavy atom. The zero-order valence-electron chi connectivity index (χ0n) is 15.2. The second kappa shape index (κ2) is 9.63. The summed E-state index contributed by atoms with van der Waals surface area (Å²) in [5.41, 5.74) is 2.42. The number of hydrogen-bond acceptors (Lipinski definition) is 5. The number of benzene rings is 2. The average molecular weight is 387 g/mol. The third-order valence-electron chi connectivity index (χ3n) is 3.76. The molecule has 0 spiro atoms. The third-order valence-corrected chi connectivity index (χ3v) is 3.96. The molecule has 2 aromatic carbocycles. The van der Waals surface area contributed by atoms with Gasteiger partial charge in [-0.05, 0) is 56.2 Å². The number of ether oxygens (including phenoxy) is 1. The summed E-state index contributed by atoms with van der Waals surface area (Å²) in [6.07, 6.45) is 0.825. The number of non-ortho nitro benzene ring substituents is 1. The molecule has 0 bridgehead atoms. The zero-order valence-corrected chi connectivity index (χ0v) is 16.0. The van der Waals surface area contributed by atoms with Gasteiger partial charge in [0.1, 0.15) is 5.75 Å². The first-order valence-corrected chi connectivity index (χ1v) is 8.81. The Labute approximate surface area is 162 Å². The van der Waals surface area contributed by atoms with Crippen molar-refractivity contribution in [3.63, 3.8) is 0 Å². The molecule has 7 nitrogen and oxygen atoms in total. The largest absolute Gasteiger partial charge is 0.494 e. The minimum Gasteiger partial charge on any atom is -0.494 e. The van der Waals surface area contributed by atoms with E-state index in [-0.39, 0.29) is 23.1 Å². The summed E-state index contributed by atoms with van der Waals surface area (Å²) in [5, 5.41) is 16.4. The molecule has 0 atom stereocenters. The number of thiocarbonyl (C=S) groups is 1. The van der Waals surface area contributed by atoms with Crippen LogP contribution in [0.25, 0.3) is 0 Å². The molecule has 0 heterocycles. The first-order valence-electron chi connectivity index (χ1n) is 8.40. The van der Waals surface area contributed by atoms with E-state index in [1.54, 1.807) is 13.0 Å². The minimum absolute atomic E-state index is 0.00146. The molecule has 2 N–H and O–H groups in total. The van der Waals surface area contributed by atoms with Crippen LogP contribution in [0.5, 0.6) is 5.75 Å². The van der Waals surface area contributed by atoms with Crippen LogP contribution in [0.2, 0.25) is 0 Å². The maximum Gasteiger partial charge on any atom is 0.269 e. The lowest BCUT2D eigenvalue weighted by atomic mass is 10.2. The van der Waals surface area contributed by atoms with Crippen molar-refractivity contribution in [2.24, 2.45) is 0 Å². The predicted octanol–water partition coefficient (Wildman–Crippen LogP) is 3.88. The Kier molecular flexibility index (Phi) is 7.25. The summed E-state index contributed by atoms with van der Waals surface area (Å²) in [4.78, 5) is 22.2. The molecule has 0 aliphatic rings. The monoisotopic (exact) mass is 387 g/mol. The predicted molar refractivity (Wildman–Crippen MR) is 108 cm³/mol. The number of nitrogens with zero attached hydrogens (tertiary/aromatic N) is 1. The molecule has 0 aliphatic carbocycles. The van der Waals surface area contributed by atoms with Crippen LogP contribution in [-0.2, 0) is 4.79 Å². The molecule has 0 radical (unpaired) electrons. The highest BCUT2D eigenvalue weighted by atomic mass is 32.1. The van der Waals surface area contributed by atoms with Crippen molar-refractivity contribution in [3.8, 4) is 5.75 Å². The number of nitrogens with one attached hydrogen (secondary N) is 2. The van der Waals surface area contributed by atoms with Crippen LogP contribution in [0.15, 0.2) is 42.5 Å². The normalized spacial score (nSPS) is 10.1. The second-order valence-electron chi connectivity index (χ2n) is 6.02. The van der Waals surface area contributed by atoms with E-state index >= 15 is 0 Å². The third kappa shape index (κ3) is 6.67. The molecule has 8 heteroatoms. The second-order valence-corrected chi connectivity index (χ2v) is 6.43. The van der Waals surface area contributed by atoms with Gasteiger partial charge in [0.25, 0.3) is 5.69 Å². The Hall–Kier alpha value is -3.00. The first-order chi connectivity index (χ1) is 12.8. The SMILES string of the molecule is Cc1ccc(OCCCC(=O)NC(=S)Nc2ccc([N+](=O)[O-])cc2C)cc1. The van der Waals surface area contributed by atoms with Crippen molar-refractivity contribution < 1.29 is 14.5 Å². The number of aryl methyl sites for hydroxylation is 2. The molecule has 142 valence electrons. The number of rotatable bonds is 7. The fraction of sp³-hybridized carbons (Fsp3) is 0.263. The molecule has 27 heavy (non-hydrogen) atoms. The van der Waals surface area contributed by atoms with Gasteiger partial charge in [-0.2, -0.15) is 0 Å². The molecule has 0 fully saturated rings. The number of hydrogen-bond donors (Lipinski definition) is 2. The maximum absolute atomic E-state index is 11.9. The average Bonchev–Trinajstić information content (AvgIpc) is 2.61. The van der Waals surface area contributed by atoms with Crippen LogP contribution >= 0.6 is 12.2 Å². The molecule has 0 saturated heterocycles. The maximum atomic E-state index is 11.9. The van der Waals surface area contributed by atoms with E-state index in [2.05, 4.69) is 10.6 Å². The lowest BCUT2D eigenvalue weighted by Crippen LogP contribution is -2.34.